The molecular weight excluding hydrogens is 264 g/mol. The molecule has 0 spiro atoms. The van der Waals surface area contributed by atoms with Crippen LogP contribution in [0.5, 0.6) is 5.75 Å². The van der Waals surface area contributed by atoms with Crippen LogP contribution in [0.3, 0.4) is 0 Å². The van der Waals surface area contributed by atoms with Crippen molar-refractivity contribution in [3.8, 4) is 5.75 Å². The number of nitrogens with one attached hydrogen (secondary N) is 2. The SMILES string of the molecule is COC(=O)COc1ccc(/C=C2\NC(=O)NC2=O)cc1. The highest BCUT2D eigenvalue weighted by molar-refractivity contribution is 6.13. The molecule has 104 valence electrons. The van der Waals surface area contributed by atoms with Crippen LogP contribution < -0.4 is 15.4 Å². The van der Waals surface area contributed by atoms with Gasteiger partial charge in [-0.15, -0.1) is 0 Å². The molecule has 7 nitrogen and oxygen atoms in total. The number of imide groups is 1. The topological polar surface area (TPSA) is 93.7 Å². The second kappa shape index (κ2) is 5.87. The Morgan fingerprint density at radius 2 is 1.90 bits per heavy atom. The first-order chi connectivity index (χ1) is 9.58. The molecular formula is C13H12N2O5. The van der Waals surface area contributed by atoms with E-state index in [1.54, 1.807) is 24.3 Å². The van der Waals surface area contributed by atoms with Gasteiger partial charge in [-0.05, 0) is 23.8 Å². The molecule has 2 N–H and O–H groups in total. The Labute approximate surface area is 114 Å². The van der Waals surface area contributed by atoms with Gasteiger partial charge in [0.1, 0.15) is 11.4 Å². The normalized spacial score (nSPS) is 15.8. The second-order valence-corrected chi connectivity index (χ2v) is 3.90. The first-order valence-corrected chi connectivity index (χ1v) is 5.72. The number of hydrogen-bond acceptors (Lipinski definition) is 5. The van der Waals surface area contributed by atoms with E-state index < -0.39 is 17.9 Å². The molecule has 3 amide bonds. The summed E-state index contributed by atoms with van der Waals surface area (Å²) in [6.45, 7) is -0.171. The van der Waals surface area contributed by atoms with Gasteiger partial charge in [0, 0.05) is 0 Å². The van der Waals surface area contributed by atoms with Crippen molar-refractivity contribution in [3.63, 3.8) is 0 Å². The Hall–Kier alpha value is -2.83. The highest BCUT2D eigenvalue weighted by atomic mass is 16.6. The van der Waals surface area contributed by atoms with E-state index in [0.29, 0.717) is 11.3 Å². The highest BCUT2D eigenvalue weighted by Crippen LogP contribution is 2.15. The van der Waals surface area contributed by atoms with Crippen molar-refractivity contribution in [2.24, 2.45) is 0 Å². The maximum atomic E-state index is 11.3. The van der Waals surface area contributed by atoms with E-state index >= 15 is 0 Å². The summed E-state index contributed by atoms with van der Waals surface area (Å²) in [6, 6.07) is 6.13. The van der Waals surface area contributed by atoms with Crippen LogP contribution in [0.15, 0.2) is 30.0 Å². The quantitative estimate of drug-likeness (QED) is 0.472. The van der Waals surface area contributed by atoms with E-state index in [4.69, 9.17) is 4.74 Å². The lowest BCUT2D eigenvalue weighted by Gasteiger charge is -2.04. The largest absolute Gasteiger partial charge is 0.482 e. The number of amides is 3. The van der Waals surface area contributed by atoms with Gasteiger partial charge in [-0.25, -0.2) is 9.59 Å². The summed E-state index contributed by atoms with van der Waals surface area (Å²) in [6.07, 6.45) is 1.53. The number of rotatable bonds is 4. The molecule has 0 radical (unpaired) electrons. The van der Waals surface area contributed by atoms with E-state index in [2.05, 4.69) is 15.4 Å². The summed E-state index contributed by atoms with van der Waals surface area (Å²) >= 11 is 0. The maximum absolute atomic E-state index is 11.3. The number of benzene rings is 1. The van der Waals surface area contributed by atoms with Crippen molar-refractivity contribution in [2.75, 3.05) is 13.7 Å². The minimum atomic E-state index is -0.542. The second-order valence-electron chi connectivity index (χ2n) is 3.90. The van der Waals surface area contributed by atoms with Crippen molar-refractivity contribution in [3.05, 3.63) is 35.5 Å². The summed E-state index contributed by atoms with van der Waals surface area (Å²) in [5.74, 6) is -0.444. The predicted octanol–water partition coefficient (Wildman–Crippen LogP) is 0.419. The zero-order valence-corrected chi connectivity index (χ0v) is 10.6. The lowest BCUT2D eigenvalue weighted by atomic mass is 10.2. The van der Waals surface area contributed by atoms with Gasteiger partial charge in [0.15, 0.2) is 6.61 Å². The van der Waals surface area contributed by atoms with Crippen LogP contribution in [-0.2, 0) is 14.3 Å². The van der Waals surface area contributed by atoms with Crippen LogP contribution in [0.1, 0.15) is 5.56 Å². The van der Waals surface area contributed by atoms with Crippen LogP contribution in [0.2, 0.25) is 0 Å². The third-order valence-electron chi connectivity index (χ3n) is 2.50. The molecule has 0 saturated carbocycles. The van der Waals surface area contributed by atoms with Crippen LogP contribution in [-0.4, -0.2) is 31.6 Å². The summed E-state index contributed by atoms with van der Waals surface area (Å²) in [7, 11) is 1.28. The molecule has 1 aliphatic heterocycles. The predicted molar refractivity (Wildman–Crippen MR) is 68.6 cm³/mol. The zero-order chi connectivity index (χ0) is 14.5. The first-order valence-electron chi connectivity index (χ1n) is 5.72. The lowest BCUT2D eigenvalue weighted by molar-refractivity contribution is -0.142. The Balaban J connectivity index is 2.01. The molecule has 1 saturated heterocycles. The Morgan fingerprint density at radius 3 is 2.45 bits per heavy atom. The third-order valence-corrected chi connectivity index (χ3v) is 2.50. The maximum Gasteiger partial charge on any atom is 0.343 e. The smallest absolute Gasteiger partial charge is 0.343 e. The number of esters is 1. The van der Waals surface area contributed by atoms with Crippen molar-refractivity contribution < 1.29 is 23.9 Å². The van der Waals surface area contributed by atoms with Gasteiger partial charge in [-0.3, -0.25) is 10.1 Å². The van der Waals surface area contributed by atoms with Gasteiger partial charge in [0.25, 0.3) is 5.91 Å². The summed E-state index contributed by atoms with van der Waals surface area (Å²) in [4.78, 5) is 33.2. The van der Waals surface area contributed by atoms with E-state index in [1.807, 2.05) is 0 Å². The van der Waals surface area contributed by atoms with Crippen molar-refractivity contribution >= 4 is 24.0 Å². The fourth-order valence-corrected chi connectivity index (χ4v) is 1.51. The highest BCUT2D eigenvalue weighted by Gasteiger charge is 2.22. The molecule has 1 fully saturated rings. The fraction of sp³-hybridized carbons (Fsp3) is 0.154. The van der Waals surface area contributed by atoms with Crippen molar-refractivity contribution in [2.45, 2.75) is 0 Å². The number of methoxy groups -OCH3 is 1. The molecule has 0 unspecified atom stereocenters. The van der Waals surface area contributed by atoms with Crippen molar-refractivity contribution in [1.29, 1.82) is 0 Å². The minimum Gasteiger partial charge on any atom is -0.482 e. The van der Waals surface area contributed by atoms with Gasteiger partial charge in [-0.2, -0.15) is 0 Å². The van der Waals surface area contributed by atoms with E-state index in [1.165, 1.54) is 13.2 Å². The average molecular weight is 276 g/mol. The molecule has 7 heteroatoms. The molecule has 1 aliphatic rings. The van der Waals surface area contributed by atoms with Crippen LogP contribution in [0, 0.1) is 0 Å². The monoisotopic (exact) mass is 276 g/mol. The first kappa shape index (κ1) is 13.6. The summed E-state index contributed by atoms with van der Waals surface area (Å²) < 4.78 is 9.63. The summed E-state index contributed by atoms with van der Waals surface area (Å²) in [5.41, 5.74) is 0.890. The van der Waals surface area contributed by atoms with E-state index in [9.17, 15) is 14.4 Å². The summed E-state index contributed by atoms with van der Waals surface area (Å²) in [5, 5.41) is 4.49. The molecule has 0 aromatic heterocycles. The number of ether oxygens (including phenoxy) is 2. The standard InChI is InChI=1S/C13H12N2O5/c1-19-11(16)7-20-9-4-2-8(3-5-9)6-10-12(17)15-13(18)14-10/h2-6H,7H2,1H3,(H2,14,15,17,18)/b10-6-. The van der Waals surface area contributed by atoms with Crippen molar-refractivity contribution in [1.82, 2.24) is 10.6 Å². The lowest BCUT2D eigenvalue weighted by Crippen LogP contribution is -2.22. The zero-order valence-electron chi connectivity index (χ0n) is 10.6. The van der Waals surface area contributed by atoms with Gasteiger partial charge >= 0.3 is 12.0 Å². The number of carbonyl (C=O) groups excluding carboxylic acids is 3. The number of carbonyl (C=O) groups is 3. The Kier molecular flexibility index (Phi) is 3.99. The van der Waals surface area contributed by atoms with Crippen LogP contribution in [0.25, 0.3) is 6.08 Å². The molecule has 0 atom stereocenters. The molecule has 20 heavy (non-hydrogen) atoms. The molecule has 0 aliphatic carbocycles. The third kappa shape index (κ3) is 3.35. The molecule has 1 aromatic carbocycles. The average Bonchev–Trinajstić information content (AvgIpc) is 2.75. The van der Waals surface area contributed by atoms with Gasteiger partial charge < -0.3 is 14.8 Å². The Morgan fingerprint density at radius 1 is 1.20 bits per heavy atom. The Bertz CT molecular complexity index is 577. The molecule has 0 bridgehead atoms. The molecule has 2 rings (SSSR count). The van der Waals surface area contributed by atoms with Crippen LogP contribution in [0.4, 0.5) is 4.79 Å². The number of urea groups is 1. The fourth-order valence-electron chi connectivity index (χ4n) is 1.51. The minimum absolute atomic E-state index is 0.171. The molecule has 1 aromatic rings. The van der Waals surface area contributed by atoms with Crippen LogP contribution >= 0.6 is 0 Å². The van der Waals surface area contributed by atoms with E-state index in [0.717, 1.165) is 0 Å². The van der Waals surface area contributed by atoms with E-state index in [-0.39, 0.29) is 12.3 Å². The van der Waals surface area contributed by atoms with Gasteiger partial charge in [-0.1, -0.05) is 12.1 Å². The van der Waals surface area contributed by atoms with Gasteiger partial charge in [0.05, 0.1) is 7.11 Å². The van der Waals surface area contributed by atoms with Gasteiger partial charge in [0.2, 0.25) is 0 Å². The molecule has 1 heterocycles. The number of hydrogen-bond donors (Lipinski definition) is 2.